The van der Waals surface area contributed by atoms with Crippen LogP contribution in [0.25, 0.3) is 11.1 Å². The Morgan fingerprint density at radius 3 is 2.16 bits per heavy atom. The minimum atomic E-state index is -0.0363. The van der Waals surface area contributed by atoms with Crippen LogP contribution in [-0.2, 0) is 6.61 Å². The van der Waals surface area contributed by atoms with Gasteiger partial charge in [-0.2, -0.15) is 0 Å². The zero-order chi connectivity index (χ0) is 13.8. The largest absolute Gasteiger partial charge is 0.493 e. The standard InChI is InChI=1S/C16H18O3/c1-11-9-13(10-17)14(12-7-5-4-6-8-12)16(19-3)15(11)18-2/h4-9,17H,10H2,1-3H3. The van der Waals surface area contributed by atoms with Crippen LogP contribution in [-0.4, -0.2) is 19.3 Å². The number of methoxy groups -OCH3 is 2. The first kappa shape index (κ1) is 13.4. The average molecular weight is 258 g/mol. The summed E-state index contributed by atoms with van der Waals surface area (Å²) in [4.78, 5) is 0. The second-order valence-electron chi connectivity index (χ2n) is 4.32. The van der Waals surface area contributed by atoms with Crippen LogP contribution in [0.15, 0.2) is 36.4 Å². The molecule has 0 aliphatic carbocycles. The van der Waals surface area contributed by atoms with Crippen LogP contribution >= 0.6 is 0 Å². The number of aryl methyl sites for hydroxylation is 1. The zero-order valence-electron chi connectivity index (χ0n) is 11.4. The Labute approximate surface area is 113 Å². The molecule has 0 unspecified atom stereocenters. The van der Waals surface area contributed by atoms with Crippen LogP contribution in [0.1, 0.15) is 11.1 Å². The molecule has 2 aromatic carbocycles. The molecule has 0 aromatic heterocycles. The van der Waals surface area contributed by atoms with Crippen molar-refractivity contribution in [2.24, 2.45) is 0 Å². The van der Waals surface area contributed by atoms with E-state index in [0.29, 0.717) is 11.5 Å². The van der Waals surface area contributed by atoms with Gasteiger partial charge in [0.1, 0.15) is 0 Å². The van der Waals surface area contributed by atoms with Gasteiger partial charge in [-0.25, -0.2) is 0 Å². The van der Waals surface area contributed by atoms with Crippen molar-refractivity contribution in [1.82, 2.24) is 0 Å². The van der Waals surface area contributed by atoms with Gasteiger partial charge < -0.3 is 14.6 Å². The quantitative estimate of drug-likeness (QED) is 0.915. The van der Waals surface area contributed by atoms with Crippen LogP contribution in [0.3, 0.4) is 0 Å². The zero-order valence-corrected chi connectivity index (χ0v) is 11.4. The molecule has 0 heterocycles. The molecule has 0 atom stereocenters. The van der Waals surface area contributed by atoms with E-state index in [-0.39, 0.29) is 6.61 Å². The van der Waals surface area contributed by atoms with E-state index in [1.54, 1.807) is 14.2 Å². The maximum atomic E-state index is 9.59. The second-order valence-corrected chi connectivity index (χ2v) is 4.32. The maximum absolute atomic E-state index is 9.59. The molecule has 2 rings (SSSR count). The fraction of sp³-hybridized carbons (Fsp3) is 0.250. The highest BCUT2D eigenvalue weighted by molar-refractivity contribution is 5.78. The molecule has 0 saturated heterocycles. The van der Waals surface area contributed by atoms with Gasteiger partial charge >= 0.3 is 0 Å². The number of hydrogen-bond donors (Lipinski definition) is 1. The molecule has 0 fully saturated rings. The highest BCUT2D eigenvalue weighted by Crippen LogP contribution is 2.42. The van der Waals surface area contributed by atoms with E-state index in [1.165, 1.54) is 0 Å². The van der Waals surface area contributed by atoms with Crippen molar-refractivity contribution < 1.29 is 14.6 Å². The van der Waals surface area contributed by atoms with E-state index in [4.69, 9.17) is 9.47 Å². The lowest BCUT2D eigenvalue weighted by Crippen LogP contribution is -2.00. The van der Waals surface area contributed by atoms with Gasteiger partial charge in [-0.15, -0.1) is 0 Å². The van der Waals surface area contributed by atoms with Gasteiger partial charge in [-0.3, -0.25) is 0 Å². The van der Waals surface area contributed by atoms with Crippen LogP contribution < -0.4 is 9.47 Å². The number of rotatable bonds is 4. The second kappa shape index (κ2) is 5.76. The molecule has 19 heavy (non-hydrogen) atoms. The Morgan fingerprint density at radius 1 is 1.00 bits per heavy atom. The highest BCUT2D eigenvalue weighted by atomic mass is 16.5. The molecule has 0 amide bonds. The third-order valence-electron chi connectivity index (χ3n) is 3.14. The van der Waals surface area contributed by atoms with Crippen LogP contribution in [0.4, 0.5) is 0 Å². The fourth-order valence-electron chi connectivity index (χ4n) is 2.33. The molecule has 0 spiro atoms. The molecule has 2 aromatic rings. The van der Waals surface area contributed by atoms with Crippen molar-refractivity contribution in [3.05, 3.63) is 47.5 Å². The maximum Gasteiger partial charge on any atom is 0.169 e. The summed E-state index contributed by atoms with van der Waals surface area (Å²) < 4.78 is 10.9. The average Bonchev–Trinajstić information content (AvgIpc) is 2.46. The van der Waals surface area contributed by atoms with Gasteiger partial charge in [0.15, 0.2) is 11.5 Å². The van der Waals surface area contributed by atoms with Gasteiger partial charge in [-0.05, 0) is 29.7 Å². The number of hydrogen-bond acceptors (Lipinski definition) is 3. The van der Waals surface area contributed by atoms with Crippen molar-refractivity contribution in [2.75, 3.05) is 14.2 Å². The summed E-state index contributed by atoms with van der Waals surface area (Å²) in [5.41, 5.74) is 3.67. The summed E-state index contributed by atoms with van der Waals surface area (Å²) in [5, 5.41) is 9.59. The summed E-state index contributed by atoms with van der Waals surface area (Å²) in [6, 6.07) is 11.8. The molecular weight excluding hydrogens is 240 g/mol. The lowest BCUT2D eigenvalue weighted by Gasteiger charge is -2.18. The van der Waals surface area contributed by atoms with E-state index in [0.717, 1.165) is 22.3 Å². The van der Waals surface area contributed by atoms with E-state index in [9.17, 15) is 5.11 Å². The Bertz CT molecular complexity index is 562. The SMILES string of the molecule is COc1c(C)cc(CO)c(-c2ccccc2)c1OC. The van der Waals surface area contributed by atoms with Crippen LogP contribution in [0, 0.1) is 6.92 Å². The lowest BCUT2D eigenvalue weighted by molar-refractivity contribution is 0.280. The molecule has 3 nitrogen and oxygen atoms in total. The highest BCUT2D eigenvalue weighted by Gasteiger charge is 2.18. The Hall–Kier alpha value is -2.00. The molecule has 100 valence electrons. The van der Waals surface area contributed by atoms with Crippen molar-refractivity contribution in [3.63, 3.8) is 0 Å². The first-order chi connectivity index (χ1) is 9.22. The van der Waals surface area contributed by atoms with E-state index >= 15 is 0 Å². The lowest BCUT2D eigenvalue weighted by atomic mass is 9.96. The Kier molecular flexibility index (Phi) is 4.07. The van der Waals surface area contributed by atoms with Crippen LogP contribution in [0.2, 0.25) is 0 Å². The number of aliphatic hydroxyl groups is 1. The minimum Gasteiger partial charge on any atom is -0.493 e. The predicted octanol–water partition coefficient (Wildman–Crippen LogP) is 3.17. The molecule has 0 bridgehead atoms. The summed E-state index contributed by atoms with van der Waals surface area (Å²) in [7, 11) is 3.24. The number of ether oxygens (including phenoxy) is 2. The minimum absolute atomic E-state index is 0.0363. The molecule has 0 radical (unpaired) electrons. The predicted molar refractivity (Wildman–Crippen MR) is 75.6 cm³/mol. The monoisotopic (exact) mass is 258 g/mol. The molecule has 0 aliphatic heterocycles. The first-order valence-electron chi connectivity index (χ1n) is 6.13. The Balaban J connectivity index is 2.76. The summed E-state index contributed by atoms with van der Waals surface area (Å²) in [5.74, 6) is 1.37. The van der Waals surface area contributed by atoms with E-state index in [1.807, 2.05) is 43.3 Å². The molecule has 3 heteroatoms. The van der Waals surface area contributed by atoms with Gasteiger partial charge in [0.05, 0.1) is 20.8 Å². The Morgan fingerprint density at radius 2 is 1.63 bits per heavy atom. The van der Waals surface area contributed by atoms with Crippen molar-refractivity contribution in [3.8, 4) is 22.6 Å². The van der Waals surface area contributed by atoms with Crippen LogP contribution in [0.5, 0.6) is 11.5 Å². The first-order valence-corrected chi connectivity index (χ1v) is 6.13. The number of aliphatic hydroxyl groups excluding tert-OH is 1. The molecular formula is C16H18O3. The normalized spacial score (nSPS) is 10.3. The number of benzene rings is 2. The van der Waals surface area contributed by atoms with Gasteiger partial charge in [0.2, 0.25) is 0 Å². The molecule has 1 N–H and O–H groups in total. The smallest absolute Gasteiger partial charge is 0.169 e. The summed E-state index contributed by atoms with van der Waals surface area (Å²) >= 11 is 0. The van der Waals surface area contributed by atoms with Crippen molar-refractivity contribution in [1.29, 1.82) is 0 Å². The topological polar surface area (TPSA) is 38.7 Å². The third kappa shape index (κ3) is 2.42. The van der Waals surface area contributed by atoms with E-state index in [2.05, 4.69) is 0 Å². The van der Waals surface area contributed by atoms with Crippen molar-refractivity contribution in [2.45, 2.75) is 13.5 Å². The summed E-state index contributed by atoms with van der Waals surface area (Å²) in [6.45, 7) is 1.90. The fourth-order valence-corrected chi connectivity index (χ4v) is 2.33. The van der Waals surface area contributed by atoms with E-state index < -0.39 is 0 Å². The van der Waals surface area contributed by atoms with Gasteiger partial charge in [-0.1, -0.05) is 30.3 Å². The third-order valence-corrected chi connectivity index (χ3v) is 3.14. The summed E-state index contributed by atoms with van der Waals surface area (Å²) in [6.07, 6.45) is 0. The molecule has 0 aliphatic rings. The van der Waals surface area contributed by atoms with Crippen molar-refractivity contribution >= 4 is 0 Å². The molecule has 0 saturated carbocycles. The van der Waals surface area contributed by atoms with Gasteiger partial charge in [0.25, 0.3) is 0 Å². The van der Waals surface area contributed by atoms with Gasteiger partial charge in [0, 0.05) is 5.56 Å².